The molecule has 1 aromatic rings. The van der Waals surface area contributed by atoms with Crippen LogP contribution in [0.1, 0.15) is 91.7 Å². The van der Waals surface area contributed by atoms with Gasteiger partial charge in [-0.3, -0.25) is 9.59 Å². The summed E-state index contributed by atoms with van der Waals surface area (Å²) in [5.41, 5.74) is 0.842. The van der Waals surface area contributed by atoms with Crippen molar-refractivity contribution in [2.45, 2.75) is 122 Å². The summed E-state index contributed by atoms with van der Waals surface area (Å²) in [5, 5.41) is 40.4. The van der Waals surface area contributed by atoms with Crippen molar-refractivity contribution in [3.63, 3.8) is 0 Å². The molecule has 0 radical (unpaired) electrons. The second kappa shape index (κ2) is 17.2. The number of aliphatic hydroxyl groups excluding tert-OH is 2. The normalized spacial score (nSPS) is 31.9. The third kappa shape index (κ3) is 11.6. The number of carbonyl (C=O) groups is 2. The molecule has 0 aromatic heterocycles. The van der Waals surface area contributed by atoms with E-state index in [4.69, 9.17) is 19.6 Å². The Hall–Kier alpha value is -3.11. The molecule has 9 heteroatoms. The summed E-state index contributed by atoms with van der Waals surface area (Å²) < 4.78 is 17.1. The number of carbonyl (C=O) groups excluding carboxylic acids is 2. The van der Waals surface area contributed by atoms with Gasteiger partial charge >= 0.3 is 11.9 Å². The van der Waals surface area contributed by atoms with Crippen molar-refractivity contribution in [1.82, 2.24) is 0 Å². The second-order valence-corrected chi connectivity index (χ2v) is 13.4. The van der Waals surface area contributed by atoms with Crippen molar-refractivity contribution in [2.24, 2.45) is 17.8 Å². The van der Waals surface area contributed by atoms with Crippen molar-refractivity contribution in [3.8, 4) is 0 Å². The molecule has 3 rings (SSSR count). The van der Waals surface area contributed by atoms with Gasteiger partial charge in [-0.1, -0.05) is 75.4 Å². The van der Waals surface area contributed by atoms with E-state index in [1.165, 1.54) is 6.92 Å². The Kier molecular flexibility index (Phi) is 13.9. The van der Waals surface area contributed by atoms with Gasteiger partial charge in [-0.2, -0.15) is 0 Å². The average Bonchev–Trinajstić information content (AvgIpc) is 3.77. The third-order valence-electron chi connectivity index (χ3n) is 9.00. The molecule has 0 bridgehead atoms. The first kappa shape index (κ1) is 37.3. The molecule has 0 spiro atoms. The minimum Gasteiger partial charge on any atom is -0.457 e. The molecular weight excluding hydrogens is 586 g/mol. The fourth-order valence-corrected chi connectivity index (χ4v) is 5.91. The van der Waals surface area contributed by atoms with Crippen molar-refractivity contribution in [2.75, 3.05) is 0 Å². The number of allylic oxidation sites excluding steroid dienone is 3. The van der Waals surface area contributed by atoms with Crippen LogP contribution < -0.4 is 0 Å². The highest BCUT2D eigenvalue weighted by molar-refractivity contribution is 5.84. The molecule has 1 aromatic carbocycles. The predicted octanol–water partition coefficient (Wildman–Crippen LogP) is 5.78. The van der Waals surface area contributed by atoms with Crippen LogP contribution in [0.4, 0.5) is 0 Å². The largest absolute Gasteiger partial charge is 0.457 e. The Morgan fingerprint density at radius 1 is 1.20 bits per heavy atom. The van der Waals surface area contributed by atoms with Gasteiger partial charge in [-0.15, -0.1) is 0 Å². The molecule has 2 aliphatic heterocycles. The van der Waals surface area contributed by atoms with Crippen LogP contribution in [0.3, 0.4) is 0 Å². The number of epoxide rings is 1. The van der Waals surface area contributed by atoms with E-state index < -0.39 is 42.0 Å². The number of nitrogens with one attached hydrogen (secondary N) is 1. The lowest BCUT2D eigenvalue weighted by atomic mass is 9.88. The summed E-state index contributed by atoms with van der Waals surface area (Å²) in [6.45, 7) is 10.7. The number of benzene rings is 1. The van der Waals surface area contributed by atoms with Gasteiger partial charge in [-0.05, 0) is 69.1 Å². The first-order chi connectivity index (χ1) is 21.7. The molecule has 1 fully saturated rings. The number of rotatable bonds is 12. The lowest BCUT2D eigenvalue weighted by molar-refractivity contribution is -0.157. The Morgan fingerprint density at radius 2 is 1.89 bits per heavy atom. The maximum absolute atomic E-state index is 12.7. The zero-order valence-electron chi connectivity index (χ0n) is 28.1. The van der Waals surface area contributed by atoms with Crippen molar-refractivity contribution >= 4 is 17.7 Å². The Morgan fingerprint density at radius 3 is 2.57 bits per heavy atom. The van der Waals surface area contributed by atoms with Gasteiger partial charge < -0.3 is 34.9 Å². The first-order valence-corrected chi connectivity index (χ1v) is 16.4. The van der Waals surface area contributed by atoms with Crippen molar-refractivity contribution in [1.29, 1.82) is 5.41 Å². The highest BCUT2D eigenvalue weighted by Crippen LogP contribution is 2.36. The minimum atomic E-state index is -1.42. The smallest absolute Gasteiger partial charge is 0.309 e. The van der Waals surface area contributed by atoms with Crippen LogP contribution in [0.15, 0.2) is 66.3 Å². The highest BCUT2D eigenvalue weighted by atomic mass is 16.6. The SMILES string of the molecule is CC(=O)OC1/C=C/C(C)C(/C(C)=C/C=C/C(C)CC2OC2C(C)C(=N)CCC(O)c2ccccc2)OC(=O)CC(O)CCC1(C)O. The molecule has 0 amide bonds. The zero-order valence-corrected chi connectivity index (χ0v) is 28.1. The number of cyclic esters (lactones) is 1. The number of hydrogen-bond donors (Lipinski definition) is 4. The van der Waals surface area contributed by atoms with Gasteiger partial charge in [0.05, 0.1) is 30.8 Å². The van der Waals surface area contributed by atoms with Crippen LogP contribution in [0.2, 0.25) is 0 Å². The van der Waals surface area contributed by atoms with Gasteiger partial charge in [-0.25, -0.2) is 0 Å². The van der Waals surface area contributed by atoms with Gasteiger partial charge in [0.2, 0.25) is 0 Å². The summed E-state index contributed by atoms with van der Waals surface area (Å²) in [7, 11) is 0. The monoisotopic (exact) mass is 639 g/mol. The fourth-order valence-electron chi connectivity index (χ4n) is 5.91. The molecular formula is C37H53NO8. The van der Waals surface area contributed by atoms with E-state index in [0.29, 0.717) is 18.6 Å². The van der Waals surface area contributed by atoms with Gasteiger partial charge in [0, 0.05) is 24.5 Å². The predicted molar refractivity (Wildman–Crippen MR) is 177 cm³/mol. The molecule has 0 aliphatic carbocycles. The quantitative estimate of drug-likeness (QED) is 0.0739. The van der Waals surface area contributed by atoms with E-state index in [2.05, 4.69) is 13.0 Å². The van der Waals surface area contributed by atoms with Crippen LogP contribution in [0.5, 0.6) is 0 Å². The first-order valence-electron chi connectivity index (χ1n) is 16.4. The van der Waals surface area contributed by atoms with E-state index in [0.717, 1.165) is 17.6 Å². The van der Waals surface area contributed by atoms with E-state index in [-0.39, 0.29) is 49.2 Å². The van der Waals surface area contributed by atoms with E-state index >= 15 is 0 Å². The number of ether oxygens (including phenoxy) is 3. The van der Waals surface area contributed by atoms with Crippen molar-refractivity contribution < 1.29 is 39.1 Å². The maximum atomic E-state index is 12.7. The Bertz CT molecular complexity index is 1260. The average molecular weight is 640 g/mol. The second-order valence-electron chi connectivity index (χ2n) is 13.4. The molecule has 2 heterocycles. The highest BCUT2D eigenvalue weighted by Gasteiger charge is 2.44. The van der Waals surface area contributed by atoms with Crippen LogP contribution in [-0.2, 0) is 23.8 Å². The maximum Gasteiger partial charge on any atom is 0.309 e. The van der Waals surface area contributed by atoms with E-state index in [1.807, 2.05) is 63.3 Å². The van der Waals surface area contributed by atoms with Crippen molar-refractivity contribution in [3.05, 3.63) is 71.8 Å². The zero-order chi connectivity index (χ0) is 34.0. The number of aliphatic hydroxyl groups is 3. The van der Waals surface area contributed by atoms with Crippen LogP contribution in [-0.4, -0.2) is 69.1 Å². The van der Waals surface area contributed by atoms with Gasteiger partial charge in [0.25, 0.3) is 0 Å². The molecule has 10 atom stereocenters. The molecule has 1 saturated heterocycles. The Balaban J connectivity index is 1.57. The summed E-state index contributed by atoms with van der Waals surface area (Å²) in [5.74, 6) is -1.16. The molecule has 254 valence electrons. The minimum absolute atomic E-state index is 0.00435. The number of esters is 2. The molecule has 4 N–H and O–H groups in total. The molecule has 46 heavy (non-hydrogen) atoms. The Labute approximate surface area is 273 Å². The van der Waals surface area contributed by atoms with Gasteiger partial charge in [0.15, 0.2) is 0 Å². The topological polar surface area (TPSA) is 150 Å². The summed E-state index contributed by atoms with van der Waals surface area (Å²) in [4.78, 5) is 24.4. The van der Waals surface area contributed by atoms with Crippen LogP contribution in [0, 0.1) is 23.2 Å². The number of hydrogen-bond acceptors (Lipinski definition) is 9. The lowest BCUT2D eigenvalue weighted by Crippen LogP contribution is -2.42. The summed E-state index contributed by atoms with van der Waals surface area (Å²) in [6, 6.07) is 9.52. The van der Waals surface area contributed by atoms with Gasteiger partial charge in [0.1, 0.15) is 17.8 Å². The molecule has 2 aliphatic rings. The summed E-state index contributed by atoms with van der Waals surface area (Å²) in [6.07, 6.45) is 8.21. The van der Waals surface area contributed by atoms with E-state index in [1.54, 1.807) is 19.1 Å². The van der Waals surface area contributed by atoms with Crippen LogP contribution in [0.25, 0.3) is 0 Å². The fraction of sp³-hybridized carbons (Fsp3) is 0.595. The third-order valence-corrected chi connectivity index (χ3v) is 9.00. The molecule has 9 nitrogen and oxygen atoms in total. The van der Waals surface area contributed by atoms with E-state index in [9.17, 15) is 24.9 Å². The standard InChI is InChI=1S/C37H53NO8/c1-23(21-32-36(45-32)26(4)30(38)16-17-31(41)28-13-8-7-9-14-28)11-10-12-24(2)35-25(3)15-18-33(44-27(5)39)37(6,43)20-19-29(40)22-34(42)46-35/h7-15,18,23,25-26,29,31-33,35-36,38,40-41,43H,16-17,19-22H2,1-6H3/b11-10+,18-15+,24-12+,38-30?. The van der Waals surface area contributed by atoms with Crippen LogP contribution >= 0.6 is 0 Å². The molecule has 0 saturated carbocycles. The lowest BCUT2D eigenvalue weighted by Gasteiger charge is -2.32. The molecule has 10 unspecified atom stereocenters. The summed E-state index contributed by atoms with van der Waals surface area (Å²) >= 11 is 0.